The zero-order valence-electron chi connectivity index (χ0n) is 20.5. The lowest BCUT2D eigenvalue weighted by atomic mass is 9.97. The Kier molecular flexibility index (Phi) is 10.2. The summed E-state index contributed by atoms with van der Waals surface area (Å²) in [6.07, 6.45) is 1.02. The van der Waals surface area contributed by atoms with Crippen molar-refractivity contribution < 1.29 is 28.6 Å². The molecule has 1 fully saturated rings. The molecule has 10 nitrogen and oxygen atoms in total. The van der Waals surface area contributed by atoms with Crippen LogP contribution in [0.2, 0.25) is 5.02 Å². The summed E-state index contributed by atoms with van der Waals surface area (Å²) in [7, 11) is 2.99. The summed E-state index contributed by atoms with van der Waals surface area (Å²) >= 11 is 6.17. The molecular formula is C23H35ClN4O6. The maximum atomic E-state index is 12.6. The van der Waals surface area contributed by atoms with Crippen LogP contribution in [0, 0.1) is 5.92 Å². The van der Waals surface area contributed by atoms with Crippen molar-refractivity contribution in [1.82, 2.24) is 15.5 Å². The van der Waals surface area contributed by atoms with Gasteiger partial charge in [0.25, 0.3) is 0 Å². The van der Waals surface area contributed by atoms with Crippen molar-refractivity contribution >= 4 is 35.2 Å². The molecule has 190 valence electrons. The molecule has 1 aromatic carbocycles. The normalized spacial score (nSPS) is 16.4. The van der Waals surface area contributed by atoms with Crippen molar-refractivity contribution in [3.05, 3.63) is 17.2 Å². The minimum absolute atomic E-state index is 0.0975. The standard InChI is InChI=1S/C23H35ClN4O6/c1-23(2,3)34-22(31)26-9-8-25-21(30)15-7-6-10-28(13-15)14-20(29)27-17-11-16(24)18(32-4)12-19(17)33-5/h11-12,15H,6-10,13-14H2,1-5H3,(H,25,30)(H,26,31)(H,27,29). The molecule has 1 aliphatic heterocycles. The molecule has 1 atom stereocenters. The van der Waals surface area contributed by atoms with Gasteiger partial charge in [-0.3, -0.25) is 14.5 Å². The van der Waals surface area contributed by atoms with Crippen molar-refractivity contribution in [3.63, 3.8) is 0 Å². The number of carbonyl (C=O) groups excluding carboxylic acids is 3. The monoisotopic (exact) mass is 498 g/mol. The number of likely N-dealkylation sites (tertiary alicyclic amines) is 1. The van der Waals surface area contributed by atoms with Gasteiger partial charge in [-0.15, -0.1) is 0 Å². The fourth-order valence-electron chi connectivity index (χ4n) is 3.57. The molecule has 3 N–H and O–H groups in total. The molecule has 1 heterocycles. The number of piperidine rings is 1. The highest BCUT2D eigenvalue weighted by Gasteiger charge is 2.27. The molecule has 1 unspecified atom stereocenters. The number of ether oxygens (including phenoxy) is 3. The van der Waals surface area contributed by atoms with E-state index in [0.717, 1.165) is 19.4 Å². The van der Waals surface area contributed by atoms with Crippen molar-refractivity contribution in [2.24, 2.45) is 5.92 Å². The summed E-state index contributed by atoms with van der Waals surface area (Å²) in [5, 5.41) is 8.62. The molecule has 0 saturated carbocycles. The second-order valence-corrected chi connectivity index (χ2v) is 9.44. The highest BCUT2D eigenvalue weighted by Crippen LogP contribution is 2.35. The van der Waals surface area contributed by atoms with Crippen LogP contribution in [-0.4, -0.2) is 75.4 Å². The Bertz CT molecular complexity index is 874. The summed E-state index contributed by atoms with van der Waals surface area (Å²) in [5.74, 6) is 0.322. The van der Waals surface area contributed by atoms with Crippen LogP contribution in [0.5, 0.6) is 11.5 Å². The van der Waals surface area contributed by atoms with Crippen LogP contribution in [0.1, 0.15) is 33.6 Å². The largest absolute Gasteiger partial charge is 0.495 e. The smallest absolute Gasteiger partial charge is 0.407 e. The van der Waals surface area contributed by atoms with Gasteiger partial charge in [0, 0.05) is 25.7 Å². The van der Waals surface area contributed by atoms with Gasteiger partial charge in [0.2, 0.25) is 11.8 Å². The van der Waals surface area contributed by atoms with Crippen molar-refractivity contribution in [2.75, 3.05) is 52.3 Å². The van der Waals surface area contributed by atoms with E-state index in [4.69, 9.17) is 25.8 Å². The van der Waals surface area contributed by atoms with E-state index < -0.39 is 11.7 Å². The minimum atomic E-state index is -0.573. The first-order valence-electron chi connectivity index (χ1n) is 11.2. The minimum Gasteiger partial charge on any atom is -0.495 e. The molecule has 3 amide bonds. The number of carbonyl (C=O) groups is 3. The van der Waals surface area contributed by atoms with E-state index in [-0.39, 0.29) is 30.8 Å². The lowest BCUT2D eigenvalue weighted by Gasteiger charge is -2.31. The molecule has 0 aromatic heterocycles. The van der Waals surface area contributed by atoms with Crippen LogP contribution in [-0.2, 0) is 14.3 Å². The van der Waals surface area contributed by atoms with Crippen molar-refractivity contribution in [2.45, 2.75) is 39.2 Å². The van der Waals surface area contributed by atoms with E-state index in [1.807, 2.05) is 4.90 Å². The highest BCUT2D eigenvalue weighted by molar-refractivity contribution is 6.32. The molecule has 34 heavy (non-hydrogen) atoms. The first kappa shape index (κ1) is 27.5. The number of anilines is 1. The zero-order valence-corrected chi connectivity index (χ0v) is 21.2. The topological polar surface area (TPSA) is 118 Å². The van der Waals surface area contributed by atoms with Gasteiger partial charge in [-0.2, -0.15) is 0 Å². The second kappa shape index (κ2) is 12.7. The number of methoxy groups -OCH3 is 2. The van der Waals surface area contributed by atoms with E-state index >= 15 is 0 Å². The Morgan fingerprint density at radius 1 is 1.09 bits per heavy atom. The van der Waals surface area contributed by atoms with Crippen LogP contribution < -0.4 is 25.4 Å². The lowest BCUT2D eigenvalue weighted by Crippen LogP contribution is -2.46. The number of halogens is 1. The van der Waals surface area contributed by atoms with Crippen LogP contribution in [0.4, 0.5) is 10.5 Å². The first-order valence-corrected chi connectivity index (χ1v) is 11.6. The maximum Gasteiger partial charge on any atom is 0.407 e. The molecule has 11 heteroatoms. The molecule has 0 spiro atoms. The predicted molar refractivity (Wildman–Crippen MR) is 130 cm³/mol. The molecule has 0 aliphatic carbocycles. The first-order chi connectivity index (χ1) is 16.0. The predicted octanol–water partition coefficient (Wildman–Crippen LogP) is 2.65. The summed E-state index contributed by atoms with van der Waals surface area (Å²) in [4.78, 5) is 38.8. The van der Waals surface area contributed by atoms with E-state index in [0.29, 0.717) is 35.3 Å². The average Bonchev–Trinajstić information content (AvgIpc) is 2.75. The van der Waals surface area contributed by atoms with Gasteiger partial charge in [0.05, 0.1) is 37.4 Å². The van der Waals surface area contributed by atoms with Crippen molar-refractivity contribution in [3.8, 4) is 11.5 Å². The van der Waals surface area contributed by atoms with Crippen LogP contribution >= 0.6 is 11.6 Å². The van der Waals surface area contributed by atoms with Crippen LogP contribution in [0.3, 0.4) is 0 Å². The van der Waals surface area contributed by atoms with E-state index in [1.54, 1.807) is 32.9 Å². The maximum absolute atomic E-state index is 12.6. The van der Waals surface area contributed by atoms with E-state index in [2.05, 4.69) is 16.0 Å². The van der Waals surface area contributed by atoms with Crippen LogP contribution in [0.15, 0.2) is 12.1 Å². The Labute approximate surface area is 205 Å². The van der Waals surface area contributed by atoms with Crippen LogP contribution in [0.25, 0.3) is 0 Å². The molecule has 0 bridgehead atoms. The van der Waals surface area contributed by atoms with Gasteiger partial charge in [-0.05, 0) is 46.2 Å². The number of nitrogens with zero attached hydrogens (tertiary/aromatic N) is 1. The average molecular weight is 499 g/mol. The highest BCUT2D eigenvalue weighted by atomic mass is 35.5. The van der Waals surface area contributed by atoms with Gasteiger partial charge in [0.15, 0.2) is 0 Å². The quantitative estimate of drug-likeness (QED) is 0.448. The third-order valence-corrected chi connectivity index (χ3v) is 5.38. The summed E-state index contributed by atoms with van der Waals surface area (Å²) in [5.41, 5.74) is -0.127. The van der Waals surface area contributed by atoms with Crippen molar-refractivity contribution in [1.29, 1.82) is 0 Å². The third-order valence-electron chi connectivity index (χ3n) is 5.08. The summed E-state index contributed by atoms with van der Waals surface area (Å²) < 4.78 is 15.6. The fraction of sp³-hybridized carbons (Fsp3) is 0.609. The number of amides is 3. The van der Waals surface area contributed by atoms with E-state index in [1.165, 1.54) is 14.2 Å². The third kappa shape index (κ3) is 8.90. The van der Waals surface area contributed by atoms with Gasteiger partial charge in [-0.1, -0.05) is 11.6 Å². The number of hydrogen-bond acceptors (Lipinski definition) is 7. The molecule has 2 rings (SSSR count). The number of alkyl carbamates (subject to hydrolysis) is 1. The number of nitrogens with one attached hydrogen (secondary N) is 3. The van der Waals surface area contributed by atoms with E-state index in [9.17, 15) is 14.4 Å². The SMILES string of the molecule is COc1cc(OC)c(NC(=O)CN2CCCC(C(=O)NCCNC(=O)OC(C)(C)C)C2)cc1Cl. The van der Waals surface area contributed by atoms with Gasteiger partial charge in [-0.25, -0.2) is 4.79 Å². The number of benzene rings is 1. The molecule has 1 aromatic rings. The van der Waals surface area contributed by atoms with Gasteiger partial charge in [0.1, 0.15) is 17.1 Å². The second-order valence-electron chi connectivity index (χ2n) is 9.03. The Balaban J connectivity index is 1.80. The Hall–Kier alpha value is -2.72. The van der Waals surface area contributed by atoms with Gasteiger partial charge >= 0.3 is 6.09 Å². The fourth-order valence-corrected chi connectivity index (χ4v) is 3.81. The Morgan fingerprint density at radius 2 is 1.76 bits per heavy atom. The Morgan fingerprint density at radius 3 is 2.41 bits per heavy atom. The molecule has 0 radical (unpaired) electrons. The molecule has 1 aliphatic rings. The zero-order chi connectivity index (χ0) is 25.3. The lowest BCUT2D eigenvalue weighted by molar-refractivity contribution is -0.127. The number of hydrogen-bond donors (Lipinski definition) is 3. The van der Waals surface area contributed by atoms with Gasteiger partial charge < -0.3 is 30.2 Å². The molecule has 1 saturated heterocycles. The summed E-state index contributed by atoms with van der Waals surface area (Å²) in [6, 6.07) is 3.19. The molecular weight excluding hydrogens is 464 g/mol. The summed E-state index contributed by atoms with van der Waals surface area (Å²) in [6.45, 7) is 7.25. The number of rotatable bonds is 9.